The molecule has 0 amide bonds. The predicted molar refractivity (Wildman–Crippen MR) is 62.0 cm³/mol. The molecule has 0 aliphatic heterocycles. The van der Waals surface area contributed by atoms with Gasteiger partial charge < -0.3 is 10.1 Å². The second-order valence-electron chi connectivity index (χ2n) is 4.09. The standard InChI is InChI=1S/C12H20N2O/c1-9(2)7-11(13-3)10-5-6-14-8-12(10)15-4/h5-6,8-9,11,13H,7H2,1-4H3. The van der Waals surface area contributed by atoms with Crippen molar-refractivity contribution >= 4 is 0 Å². The molecule has 1 atom stereocenters. The van der Waals surface area contributed by atoms with Crippen molar-refractivity contribution in [3.63, 3.8) is 0 Å². The lowest BCUT2D eigenvalue weighted by Crippen LogP contribution is -2.19. The van der Waals surface area contributed by atoms with E-state index in [9.17, 15) is 0 Å². The predicted octanol–water partition coefficient (Wildman–Crippen LogP) is 2.40. The molecule has 84 valence electrons. The molecule has 0 radical (unpaired) electrons. The number of methoxy groups -OCH3 is 1. The first kappa shape index (κ1) is 12.0. The fourth-order valence-electron chi connectivity index (χ4n) is 1.72. The van der Waals surface area contributed by atoms with Gasteiger partial charge in [0.1, 0.15) is 5.75 Å². The summed E-state index contributed by atoms with van der Waals surface area (Å²) in [6, 6.07) is 2.35. The molecule has 0 aliphatic rings. The number of rotatable bonds is 5. The van der Waals surface area contributed by atoms with Crippen molar-refractivity contribution in [2.24, 2.45) is 5.92 Å². The Labute approximate surface area is 91.9 Å². The first-order valence-corrected chi connectivity index (χ1v) is 5.34. The molecule has 1 rings (SSSR count). The van der Waals surface area contributed by atoms with Gasteiger partial charge in [0.25, 0.3) is 0 Å². The van der Waals surface area contributed by atoms with Gasteiger partial charge in [-0.1, -0.05) is 13.8 Å². The van der Waals surface area contributed by atoms with Gasteiger partial charge in [0, 0.05) is 17.8 Å². The van der Waals surface area contributed by atoms with Crippen molar-refractivity contribution in [3.05, 3.63) is 24.0 Å². The molecular formula is C12H20N2O. The van der Waals surface area contributed by atoms with Crippen molar-refractivity contribution in [2.75, 3.05) is 14.2 Å². The van der Waals surface area contributed by atoms with E-state index in [0.717, 1.165) is 12.2 Å². The lowest BCUT2D eigenvalue weighted by Gasteiger charge is -2.20. The van der Waals surface area contributed by atoms with Gasteiger partial charge in [0.15, 0.2) is 0 Å². The minimum Gasteiger partial charge on any atom is -0.495 e. The zero-order valence-electron chi connectivity index (χ0n) is 9.95. The van der Waals surface area contributed by atoms with E-state index in [-0.39, 0.29) is 0 Å². The van der Waals surface area contributed by atoms with Gasteiger partial charge in [-0.2, -0.15) is 0 Å². The van der Waals surface area contributed by atoms with Crippen LogP contribution in [0.15, 0.2) is 18.5 Å². The van der Waals surface area contributed by atoms with Gasteiger partial charge in [0.05, 0.1) is 13.3 Å². The van der Waals surface area contributed by atoms with Crippen LogP contribution in [0.3, 0.4) is 0 Å². The van der Waals surface area contributed by atoms with E-state index in [1.54, 1.807) is 13.3 Å². The van der Waals surface area contributed by atoms with Gasteiger partial charge in [0.2, 0.25) is 0 Å². The van der Waals surface area contributed by atoms with Crippen LogP contribution in [0.1, 0.15) is 31.9 Å². The van der Waals surface area contributed by atoms with Crippen molar-refractivity contribution in [2.45, 2.75) is 26.3 Å². The van der Waals surface area contributed by atoms with Gasteiger partial charge in [-0.15, -0.1) is 0 Å². The Morgan fingerprint density at radius 1 is 1.47 bits per heavy atom. The van der Waals surface area contributed by atoms with E-state index in [0.29, 0.717) is 12.0 Å². The molecule has 1 heterocycles. The van der Waals surface area contributed by atoms with Gasteiger partial charge in [-0.3, -0.25) is 4.98 Å². The summed E-state index contributed by atoms with van der Waals surface area (Å²) in [5.41, 5.74) is 1.18. The number of pyridine rings is 1. The SMILES string of the molecule is CNC(CC(C)C)c1ccncc1OC. The van der Waals surface area contributed by atoms with Gasteiger partial charge in [-0.05, 0) is 25.5 Å². The Balaban J connectivity index is 2.90. The Bertz CT molecular complexity index is 299. The van der Waals surface area contributed by atoms with E-state index in [1.807, 2.05) is 19.3 Å². The molecule has 0 aromatic carbocycles. The maximum absolute atomic E-state index is 5.31. The average Bonchev–Trinajstić information content (AvgIpc) is 2.25. The van der Waals surface area contributed by atoms with Crippen LogP contribution < -0.4 is 10.1 Å². The third kappa shape index (κ3) is 3.20. The highest BCUT2D eigenvalue weighted by Crippen LogP contribution is 2.27. The second-order valence-corrected chi connectivity index (χ2v) is 4.09. The molecule has 15 heavy (non-hydrogen) atoms. The normalized spacial score (nSPS) is 12.9. The Hall–Kier alpha value is -1.09. The smallest absolute Gasteiger partial charge is 0.141 e. The van der Waals surface area contributed by atoms with Crippen LogP contribution >= 0.6 is 0 Å². The van der Waals surface area contributed by atoms with Crippen molar-refractivity contribution < 1.29 is 4.74 Å². The van der Waals surface area contributed by atoms with Crippen LogP contribution in [0.2, 0.25) is 0 Å². The van der Waals surface area contributed by atoms with Crippen molar-refractivity contribution in [1.82, 2.24) is 10.3 Å². The zero-order valence-corrected chi connectivity index (χ0v) is 9.95. The average molecular weight is 208 g/mol. The molecule has 1 unspecified atom stereocenters. The molecule has 3 heteroatoms. The molecule has 0 spiro atoms. The first-order chi connectivity index (χ1) is 7.19. The molecule has 1 N–H and O–H groups in total. The molecule has 1 aromatic heterocycles. The molecule has 0 fully saturated rings. The molecule has 0 aliphatic carbocycles. The summed E-state index contributed by atoms with van der Waals surface area (Å²) >= 11 is 0. The number of ether oxygens (including phenoxy) is 1. The fraction of sp³-hybridized carbons (Fsp3) is 0.583. The number of nitrogens with zero attached hydrogens (tertiary/aromatic N) is 1. The summed E-state index contributed by atoms with van der Waals surface area (Å²) in [5.74, 6) is 1.51. The number of aromatic nitrogens is 1. The van der Waals surface area contributed by atoms with Crippen LogP contribution in [-0.4, -0.2) is 19.1 Å². The quantitative estimate of drug-likeness (QED) is 0.806. The molecule has 0 saturated carbocycles. The first-order valence-electron chi connectivity index (χ1n) is 5.34. The largest absolute Gasteiger partial charge is 0.495 e. The summed E-state index contributed by atoms with van der Waals surface area (Å²) in [6.45, 7) is 4.44. The maximum atomic E-state index is 5.31. The molecule has 0 bridgehead atoms. The monoisotopic (exact) mass is 208 g/mol. The van der Waals surface area contributed by atoms with E-state index < -0.39 is 0 Å². The highest BCUT2D eigenvalue weighted by Gasteiger charge is 2.15. The minimum absolute atomic E-state index is 0.336. The highest BCUT2D eigenvalue weighted by molar-refractivity contribution is 5.32. The number of nitrogens with one attached hydrogen (secondary N) is 1. The van der Waals surface area contributed by atoms with Crippen molar-refractivity contribution in [3.8, 4) is 5.75 Å². The Morgan fingerprint density at radius 2 is 2.20 bits per heavy atom. The third-order valence-corrected chi connectivity index (χ3v) is 2.47. The van der Waals surface area contributed by atoms with Crippen LogP contribution in [0.4, 0.5) is 0 Å². The van der Waals surface area contributed by atoms with Crippen LogP contribution in [0.25, 0.3) is 0 Å². The fourth-order valence-corrected chi connectivity index (χ4v) is 1.72. The molecule has 0 saturated heterocycles. The summed E-state index contributed by atoms with van der Waals surface area (Å²) in [4.78, 5) is 4.06. The summed E-state index contributed by atoms with van der Waals surface area (Å²) < 4.78 is 5.31. The maximum Gasteiger partial charge on any atom is 0.141 e. The van der Waals surface area contributed by atoms with Crippen LogP contribution in [0.5, 0.6) is 5.75 Å². The van der Waals surface area contributed by atoms with Gasteiger partial charge in [-0.25, -0.2) is 0 Å². The lowest BCUT2D eigenvalue weighted by atomic mass is 9.97. The number of hydrogen-bond donors (Lipinski definition) is 1. The Kier molecular flexibility index (Phi) is 4.56. The van der Waals surface area contributed by atoms with Crippen LogP contribution in [-0.2, 0) is 0 Å². The number of hydrogen-bond acceptors (Lipinski definition) is 3. The van der Waals surface area contributed by atoms with E-state index in [2.05, 4.69) is 24.1 Å². The van der Waals surface area contributed by atoms with E-state index in [4.69, 9.17) is 4.74 Å². The molecule has 1 aromatic rings. The lowest BCUT2D eigenvalue weighted by molar-refractivity contribution is 0.387. The summed E-state index contributed by atoms with van der Waals surface area (Å²) in [6.07, 6.45) is 4.67. The third-order valence-electron chi connectivity index (χ3n) is 2.47. The Morgan fingerprint density at radius 3 is 2.73 bits per heavy atom. The second kappa shape index (κ2) is 5.71. The zero-order chi connectivity index (χ0) is 11.3. The van der Waals surface area contributed by atoms with Crippen molar-refractivity contribution in [1.29, 1.82) is 0 Å². The topological polar surface area (TPSA) is 34.2 Å². The molecule has 3 nitrogen and oxygen atoms in total. The highest BCUT2D eigenvalue weighted by atomic mass is 16.5. The minimum atomic E-state index is 0.336. The van der Waals surface area contributed by atoms with Crippen LogP contribution in [0, 0.1) is 5.92 Å². The van der Waals surface area contributed by atoms with Gasteiger partial charge >= 0.3 is 0 Å². The van der Waals surface area contributed by atoms with E-state index >= 15 is 0 Å². The van der Waals surface area contributed by atoms with E-state index in [1.165, 1.54) is 5.56 Å². The summed E-state index contributed by atoms with van der Waals surface area (Å²) in [7, 11) is 3.66. The molecular weight excluding hydrogens is 188 g/mol. The summed E-state index contributed by atoms with van der Waals surface area (Å²) in [5, 5.41) is 3.32.